The fourth-order valence-electron chi connectivity index (χ4n) is 1.73. The van der Waals surface area contributed by atoms with Gasteiger partial charge in [-0.25, -0.2) is 4.98 Å². The lowest BCUT2D eigenvalue weighted by molar-refractivity contribution is -0.141. The number of aromatic nitrogens is 1. The number of nitrogens with zero attached hydrogens (tertiary/aromatic N) is 1. The van der Waals surface area contributed by atoms with Crippen molar-refractivity contribution < 1.29 is 9.90 Å². The summed E-state index contributed by atoms with van der Waals surface area (Å²) in [5, 5.41) is 11.8. The lowest BCUT2D eigenvalue weighted by atomic mass is 10.1. The maximum Gasteiger partial charge on any atom is 0.306 e. The van der Waals surface area contributed by atoms with E-state index in [1.807, 2.05) is 47.9 Å². The summed E-state index contributed by atoms with van der Waals surface area (Å²) in [6.45, 7) is 1.73. The second-order valence-electron chi connectivity index (χ2n) is 4.70. The van der Waals surface area contributed by atoms with E-state index in [1.54, 1.807) is 18.3 Å². The van der Waals surface area contributed by atoms with Crippen molar-refractivity contribution in [2.45, 2.75) is 19.8 Å². The minimum absolute atomic E-state index is 0.319. The van der Waals surface area contributed by atoms with Crippen LogP contribution in [-0.2, 0) is 11.2 Å². The van der Waals surface area contributed by atoms with E-state index < -0.39 is 5.97 Å². The zero-order chi connectivity index (χ0) is 14.4. The van der Waals surface area contributed by atoms with Crippen molar-refractivity contribution in [1.82, 2.24) is 4.98 Å². The van der Waals surface area contributed by atoms with Crippen LogP contribution in [0.4, 0.5) is 0 Å². The summed E-state index contributed by atoms with van der Waals surface area (Å²) in [5.74, 6) is -1.07. The van der Waals surface area contributed by atoms with Gasteiger partial charge in [-0.2, -0.15) is 0 Å². The van der Waals surface area contributed by atoms with Crippen molar-refractivity contribution in [2.24, 2.45) is 5.92 Å². The Bertz CT molecular complexity index is 590. The quantitative estimate of drug-likeness (QED) is 0.874. The van der Waals surface area contributed by atoms with E-state index in [2.05, 4.69) is 4.98 Å². The Labute approximate surface area is 122 Å². The lowest BCUT2D eigenvalue weighted by Crippen LogP contribution is -2.10. The number of aryl methyl sites for hydroxylation is 1. The number of hydrogen-bond donors (Lipinski definition) is 1. The van der Waals surface area contributed by atoms with Crippen molar-refractivity contribution in [3.63, 3.8) is 0 Å². The third-order valence-electron chi connectivity index (χ3n) is 3.04. The van der Waals surface area contributed by atoms with E-state index in [4.69, 9.17) is 5.11 Å². The maximum absolute atomic E-state index is 10.8. The number of thiazole rings is 1. The molecule has 0 aliphatic rings. The average Bonchev–Trinajstić information content (AvgIpc) is 2.91. The third kappa shape index (κ3) is 4.31. The second kappa shape index (κ2) is 7.01. The zero-order valence-corrected chi connectivity index (χ0v) is 12.1. The third-order valence-corrected chi connectivity index (χ3v) is 3.90. The summed E-state index contributed by atoms with van der Waals surface area (Å²) >= 11 is 1.58. The van der Waals surface area contributed by atoms with Gasteiger partial charge >= 0.3 is 5.97 Å². The number of rotatable bonds is 6. The Morgan fingerprint density at radius 3 is 2.80 bits per heavy atom. The van der Waals surface area contributed by atoms with Crippen LogP contribution in [0.2, 0.25) is 0 Å². The van der Waals surface area contributed by atoms with E-state index >= 15 is 0 Å². The highest BCUT2D eigenvalue weighted by Gasteiger charge is 2.11. The molecule has 0 aliphatic carbocycles. The van der Waals surface area contributed by atoms with Gasteiger partial charge in [-0.15, -0.1) is 11.3 Å². The van der Waals surface area contributed by atoms with Gasteiger partial charge in [0, 0.05) is 5.38 Å². The Morgan fingerprint density at radius 1 is 1.35 bits per heavy atom. The normalized spacial score (nSPS) is 12.7. The van der Waals surface area contributed by atoms with Crippen LogP contribution in [0.3, 0.4) is 0 Å². The first-order valence-corrected chi connectivity index (χ1v) is 7.43. The predicted octanol–water partition coefficient (Wildman–Crippen LogP) is 3.97. The molecular formula is C16H17NO2S. The molecule has 0 spiro atoms. The molecule has 2 aromatic rings. The molecule has 0 saturated heterocycles. The molecule has 4 heteroatoms. The molecule has 0 amide bonds. The smallest absolute Gasteiger partial charge is 0.306 e. The number of aliphatic carboxylic acids is 1. The fourth-order valence-corrected chi connectivity index (χ4v) is 2.48. The molecule has 0 saturated carbocycles. The Kier molecular flexibility index (Phi) is 5.07. The number of carboxylic acids is 1. The van der Waals surface area contributed by atoms with Crippen LogP contribution in [0.5, 0.6) is 0 Å². The molecule has 1 aromatic carbocycles. The Balaban J connectivity index is 1.92. The van der Waals surface area contributed by atoms with E-state index in [9.17, 15) is 4.79 Å². The van der Waals surface area contributed by atoms with Gasteiger partial charge in [0.15, 0.2) is 0 Å². The molecule has 1 atom stereocenters. The van der Waals surface area contributed by atoms with Crippen LogP contribution in [0.15, 0.2) is 35.7 Å². The monoisotopic (exact) mass is 287 g/mol. The van der Waals surface area contributed by atoms with E-state index in [1.165, 1.54) is 0 Å². The summed E-state index contributed by atoms with van der Waals surface area (Å²) in [7, 11) is 0. The lowest BCUT2D eigenvalue weighted by Gasteiger charge is -2.02. The molecule has 20 heavy (non-hydrogen) atoms. The highest BCUT2D eigenvalue weighted by atomic mass is 32.1. The van der Waals surface area contributed by atoms with Crippen LogP contribution in [0, 0.1) is 5.92 Å². The molecule has 0 radical (unpaired) electrons. The molecule has 2 rings (SSSR count). The molecule has 1 aromatic heterocycles. The van der Waals surface area contributed by atoms with Crippen LogP contribution < -0.4 is 0 Å². The SMILES string of the molecule is CC(CCc1csc(C=Cc2ccccc2)n1)C(=O)O. The number of benzene rings is 1. The van der Waals surface area contributed by atoms with E-state index in [-0.39, 0.29) is 5.92 Å². The van der Waals surface area contributed by atoms with Crippen molar-refractivity contribution in [3.8, 4) is 0 Å². The second-order valence-corrected chi connectivity index (χ2v) is 5.59. The minimum atomic E-state index is -0.746. The van der Waals surface area contributed by atoms with Gasteiger partial charge in [-0.05, 0) is 24.5 Å². The highest BCUT2D eigenvalue weighted by molar-refractivity contribution is 7.10. The van der Waals surface area contributed by atoms with Crippen LogP contribution in [0.1, 0.15) is 29.6 Å². The van der Waals surface area contributed by atoms with Crippen molar-refractivity contribution in [2.75, 3.05) is 0 Å². The van der Waals surface area contributed by atoms with Gasteiger partial charge in [-0.3, -0.25) is 4.79 Å². The summed E-state index contributed by atoms with van der Waals surface area (Å²) in [5.41, 5.74) is 2.11. The highest BCUT2D eigenvalue weighted by Crippen LogP contribution is 2.16. The predicted molar refractivity (Wildman–Crippen MR) is 82.6 cm³/mol. The summed E-state index contributed by atoms with van der Waals surface area (Å²) < 4.78 is 0. The summed E-state index contributed by atoms with van der Waals surface area (Å²) in [4.78, 5) is 15.3. The number of hydrogen-bond acceptors (Lipinski definition) is 3. The standard InChI is InChI=1S/C16H17NO2S/c1-12(16(18)19)7-9-14-11-20-15(17-14)10-8-13-5-3-2-4-6-13/h2-6,8,10-12H,7,9H2,1H3,(H,18,19). The molecule has 104 valence electrons. The van der Waals surface area contributed by atoms with E-state index in [0.717, 1.165) is 16.3 Å². The molecule has 0 fully saturated rings. The number of carbonyl (C=O) groups is 1. The molecule has 1 heterocycles. The zero-order valence-electron chi connectivity index (χ0n) is 11.3. The van der Waals surface area contributed by atoms with Crippen molar-refractivity contribution >= 4 is 29.5 Å². The first-order valence-electron chi connectivity index (χ1n) is 6.55. The summed E-state index contributed by atoms with van der Waals surface area (Å²) in [6.07, 6.45) is 5.36. The van der Waals surface area contributed by atoms with Crippen LogP contribution in [0.25, 0.3) is 12.2 Å². The Hall–Kier alpha value is -1.94. The largest absolute Gasteiger partial charge is 0.481 e. The Morgan fingerprint density at radius 2 is 2.10 bits per heavy atom. The molecule has 3 nitrogen and oxygen atoms in total. The maximum atomic E-state index is 10.8. The van der Waals surface area contributed by atoms with Gasteiger partial charge < -0.3 is 5.11 Å². The minimum Gasteiger partial charge on any atom is -0.481 e. The van der Waals surface area contributed by atoms with Gasteiger partial charge in [0.2, 0.25) is 0 Å². The molecule has 0 bridgehead atoms. The fraction of sp³-hybridized carbons (Fsp3) is 0.250. The topological polar surface area (TPSA) is 50.2 Å². The van der Waals surface area contributed by atoms with Crippen molar-refractivity contribution in [1.29, 1.82) is 0 Å². The number of carboxylic acid groups (broad SMARTS) is 1. The first kappa shape index (κ1) is 14.5. The van der Waals surface area contributed by atoms with Gasteiger partial charge in [0.25, 0.3) is 0 Å². The first-order chi connectivity index (χ1) is 9.65. The van der Waals surface area contributed by atoms with Gasteiger partial charge in [-0.1, -0.05) is 43.3 Å². The van der Waals surface area contributed by atoms with Gasteiger partial charge in [0.05, 0.1) is 11.6 Å². The van der Waals surface area contributed by atoms with E-state index in [0.29, 0.717) is 12.8 Å². The van der Waals surface area contributed by atoms with Gasteiger partial charge in [0.1, 0.15) is 5.01 Å². The molecule has 0 aliphatic heterocycles. The van der Waals surface area contributed by atoms with Crippen LogP contribution >= 0.6 is 11.3 Å². The molecule has 1 N–H and O–H groups in total. The van der Waals surface area contributed by atoms with Crippen LogP contribution in [-0.4, -0.2) is 16.1 Å². The summed E-state index contributed by atoms with van der Waals surface area (Å²) in [6, 6.07) is 10.1. The van der Waals surface area contributed by atoms with Crippen molar-refractivity contribution in [3.05, 3.63) is 52.0 Å². The molecule has 1 unspecified atom stereocenters. The molecular weight excluding hydrogens is 270 g/mol. The average molecular weight is 287 g/mol.